The zero-order valence-corrected chi connectivity index (χ0v) is 14.2. The maximum Gasteiger partial charge on any atom is 0.160 e. The van der Waals surface area contributed by atoms with Gasteiger partial charge in [0.25, 0.3) is 0 Å². The lowest BCUT2D eigenvalue weighted by atomic mass is 10.1. The molecule has 1 aliphatic rings. The molecule has 1 aliphatic heterocycles. The monoisotopic (exact) mass is 330 g/mol. The average Bonchev–Trinajstić information content (AvgIpc) is 3.14. The molecular formula is C19H26N2O3. The van der Waals surface area contributed by atoms with Crippen LogP contribution in [0.1, 0.15) is 36.6 Å². The van der Waals surface area contributed by atoms with Crippen molar-refractivity contribution in [2.75, 3.05) is 26.7 Å². The molecule has 0 aliphatic carbocycles. The number of piperidine rings is 1. The lowest BCUT2D eigenvalue weighted by Crippen LogP contribution is -2.38. The van der Waals surface area contributed by atoms with E-state index in [4.69, 9.17) is 9.15 Å². The predicted octanol–water partition coefficient (Wildman–Crippen LogP) is 3.31. The third-order valence-corrected chi connectivity index (χ3v) is 4.61. The van der Waals surface area contributed by atoms with Gasteiger partial charge in [-0.05, 0) is 55.8 Å². The molecule has 1 saturated heterocycles. The van der Waals surface area contributed by atoms with Crippen molar-refractivity contribution in [3.63, 3.8) is 0 Å². The summed E-state index contributed by atoms with van der Waals surface area (Å²) in [7, 11) is 1.56. The molecule has 0 spiro atoms. The number of ether oxygens (including phenoxy) is 1. The Balaban J connectivity index is 1.60. The second-order valence-electron chi connectivity index (χ2n) is 6.26. The van der Waals surface area contributed by atoms with Gasteiger partial charge in [0.15, 0.2) is 11.5 Å². The first kappa shape index (κ1) is 16.9. The number of phenolic OH excluding ortho intramolecular Hbond substituents is 1. The quantitative estimate of drug-likeness (QED) is 0.816. The molecule has 1 unspecified atom stereocenters. The second kappa shape index (κ2) is 8.22. The van der Waals surface area contributed by atoms with E-state index in [2.05, 4.69) is 16.3 Å². The van der Waals surface area contributed by atoms with E-state index < -0.39 is 0 Å². The van der Waals surface area contributed by atoms with Crippen LogP contribution in [-0.2, 0) is 6.54 Å². The normalized spacial score (nSPS) is 16.9. The number of likely N-dealkylation sites (tertiary alicyclic amines) is 1. The molecule has 5 nitrogen and oxygen atoms in total. The van der Waals surface area contributed by atoms with Crippen molar-refractivity contribution in [3.05, 3.63) is 47.9 Å². The Hall–Kier alpha value is -1.98. The Morgan fingerprint density at radius 2 is 2.08 bits per heavy atom. The number of hydrogen-bond donors (Lipinski definition) is 2. The topological polar surface area (TPSA) is 57.9 Å². The molecule has 5 heteroatoms. The summed E-state index contributed by atoms with van der Waals surface area (Å²) in [5.41, 5.74) is 1.03. The highest BCUT2D eigenvalue weighted by molar-refractivity contribution is 5.41. The van der Waals surface area contributed by atoms with Gasteiger partial charge in [-0.1, -0.05) is 12.5 Å². The number of nitrogens with zero attached hydrogens (tertiary/aromatic N) is 1. The van der Waals surface area contributed by atoms with Crippen molar-refractivity contribution in [3.8, 4) is 11.5 Å². The SMILES string of the molecule is COc1ccc(CNCC(c2ccco2)N2CCCCC2)cc1O. The fourth-order valence-electron chi connectivity index (χ4n) is 3.32. The van der Waals surface area contributed by atoms with Crippen molar-refractivity contribution in [2.24, 2.45) is 0 Å². The van der Waals surface area contributed by atoms with Gasteiger partial charge in [0.1, 0.15) is 5.76 Å². The summed E-state index contributed by atoms with van der Waals surface area (Å²) >= 11 is 0. The van der Waals surface area contributed by atoms with Crippen LogP contribution in [0.4, 0.5) is 0 Å². The summed E-state index contributed by atoms with van der Waals surface area (Å²) in [6.07, 6.45) is 5.57. The highest BCUT2D eigenvalue weighted by atomic mass is 16.5. The lowest BCUT2D eigenvalue weighted by Gasteiger charge is -2.33. The van der Waals surface area contributed by atoms with Gasteiger partial charge >= 0.3 is 0 Å². The van der Waals surface area contributed by atoms with E-state index in [9.17, 15) is 5.11 Å². The molecule has 1 aromatic heterocycles. The van der Waals surface area contributed by atoms with Crippen LogP contribution in [0.15, 0.2) is 41.0 Å². The highest BCUT2D eigenvalue weighted by Gasteiger charge is 2.23. The molecular weight excluding hydrogens is 304 g/mol. The molecule has 1 atom stereocenters. The summed E-state index contributed by atoms with van der Waals surface area (Å²) < 4.78 is 10.7. The van der Waals surface area contributed by atoms with Crippen molar-refractivity contribution >= 4 is 0 Å². The molecule has 2 aromatic rings. The van der Waals surface area contributed by atoms with E-state index in [1.165, 1.54) is 19.3 Å². The summed E-state index contributed by atoms with van der Waals surface area (Å²) in [6, 6.07) is 9.77. The Morgan fingerprint density at radius 3 is 2.75 bits per heavy atom. The van der Waals surface area contributed by atoms with Crippen LogP contribution >= 0.6 is 0 Å². The Bertz CT molecular complexity index is 622. The van der Waals surface area contributed by atoms with Gasteiger partial charge in [0, 0.05) is 13.1 Å². The number of nitrogens with one attached hydrogen (secondary N) is 1. The molecule has 130 valence electrons. The Kier molecular flexibility index (Phi) is 5.77. The van der Waals surface area contributed by atoms with Gasteiger partial charge in [-0.3, -0.25) is 4.90 Å². The smallest absolute Gasteiger partial charge is 0.160 e. The van der Waals surface area contributed by atoms with E-state index in [0.717, 1.165) is 31.0 Å². The van der Waals surface area contributed by atoms with E-state index >= 15 is 0 Å². The number of benzene rings is 1. The van der Waals surface area contributed by atoms with Crippen molar-refractivity contribution in [1.29, 1.82) is 0 Å². The first-order chi connectivity index (χ1) is 11.8. The Morgan fingerprint density at radius 1 is 1.25 bits per heavy atom. The van der Waals surface area contributed by atoms with Gasteiger partial charge in [-0.25, -0.2) is 0 Å². The fourth-order valence-corrected chi connectivity index (χ4v) is 3.32. The molecule has 24 heavy (non-hydrogen) atoms. The van der Waals surface area contributed by atoms with Gasteiger partial charge < -0.3 is 19.6 Å². The molecule has 1 fully saturated rings. The van der Waals surface area contributed by atoms with Crippen LogP contribution in [0, 0.1) is 0 Å². The van der Waals surface area contributed by atoms with Crippen LogP contribution in [-0.4, -0.2) is 36.8 Å². The number of phenols is 1. The summed E-state index contributed by atoms with van der Waals surface area (Å²) in [5, 5.41) is 13.4. The third kappa shape index (κ3) is 4.10. The average molecular weight is 330 g/mol. The lowest BCUT2D eigenvalue weighted by molar-refractivity contribution is 0.142. The van der Waals surface area contributed by atoms with Gasteiger partial charge in [0.2, 0.25) is 0 Å². The molecule has 1 aromatic carbocycles. The molecule has 3 rings (SSSR count). The maximum absolute atomic E-state index is 9.88. The zero-order valence-electron chi connectivity index (χ0n) is 14.2. The first-order valence-electron chi connectivity index (χ1n) is 8.62. The highest BCUT2D eigenvalue weighted by Crippen LogP contribution is 2.27. The number of hydrogen-bond acceptors (Lipinski definition) is 5. The largest absolute Gasteiger partial charge is 0.504 e. The van der Waals surface area contributed by atoms with Crippen LogP contribution in [0.2, 0.25) is 0 Å². The Labute approximate surface area is 143 Å². The minimum atomic E-state index is 0.176. The number of rotatable bonds is 7. The van der Waals surface area contributed by atoms with Gasteiger partial charge in [0.05, 0.1) is 19.4 Å². The second-order valence-corrected chi connectivity index (χ2v) is 6.26. The zero-order chi connectivity index (χ0) is 16.8. The predicted molar refractivity (Wildman–Crippen MR) is 93.2 cm³/mol. The van der Waals surface area contributed by atoms with E-state index in [1.807, 2.05) is 12.1 Å². The van der Waals surface area contributed by atoms with Crippen LogP contribution in [0.5, 0.6) is 11.5 Å². The number of furan rings is 1. The number of methoxy groups -OCH3 is 1. The minimum Gasteiger partial charge on any atom is -0.504 e. The van der Waals surface area contributed by atoms with E-state index in [0.29, 0.717) is 12.3 Å². The summed E-state index contributed by atoms with van der Waals surface area (Å²) in [6.45, 7) is 3.76. The van der Waals surface area contributed by atoms with E-state index in [1.54, 1.807) is 25.5 Å². The molecule has 2 heterocycles. The number of aromatic hydroxyl groups is 1. The molecule has 0 saturated carbocycles. The van der Waals surface area contributed by atoms with Crippen LogP contribution in [0.3, 0.4) is 0 Å². The van der Waals surface area contributed by atoms with Crippen LogP contribution < -0.4 is 10.1 Å². The van der Waals surface area contributed by atoms with Crippen molar-refractivity contribution < 1.29 is 14.3 Å². The van der Waals surface area contributed by atoms with Gasteiger partial charge in [-0.2, -0.15) is 0 Å². The first-order valence-corrected chi connectivity index (χ1v) is 8.62. The molecule has 0 bridgehead atoms. The van der Waals surface area contributed by atoms with E-state index in [-0.39, 0.29) is 11.8 Å². The fraction of sp³-hybridized carbons (Fsp3) is 0.474. The third-order valence-electron chi connectivity index (χ3n) is 4.61. The minimum absolute atomic E-state index is 0.176. The summed E-state index contributed by atoms with van der Waals surface area (Å²) in [4.78, 5) is 2.50. The molecule has 2 N–H and O–H groups in total. The maximum atomic E-state index is 9.88. The standard InChI is InChI=1S/C19H26N2O3/c1-23-19-8-7-15(12-17(19)22)13-20-14-16(18-6-5-11-24-18)21-9-3-2-4-10-21/h5-8,11-12,16,20,22H,2-4,9-10,13-14H2,1H3. The van der Waals surface area contributed by atoms with Crippen molar-refractivity contribution in [1.82, 2.24) is 10.2 Å². The molecule has 0 radical (unpaired) electrons. The summed E-state index contributed by atoms with van der Waals surface area (Å²) in [5.74, 6) is 1.69. The van der Waals surface area contributed by atoms with Gasteiger partial charge in [-0.15, -0.1) is 0 Å². The van der Waals surface area contributed by atoms with Crippen molar-refractivity contribution in [2.45, 2.75) is 31.8 Å². The van der Waals surface area contributed by atoms with Crippen LogP contribution in [0.25, 0.3) is 0 Å². The molecule has 0 amide bonds.